The van der Waals surface area contributed by atoms with Gasteiger partial charge in [0, 0.05) is 42.8 Å². The first-order chi connectivity index (χ1) is 13.8. The molecule has 1 amide bonds. The second kappa shape index (κ2) is 8.97. The lowest BCUT2D eigenvalue weighted by molar-refractivity contribution is 0.0707. The number of aromatic nitrogens is 2. The first-order valence-electron chi connectivity index (χ1n) is 9.70. The van der Waals surface area contributed by atoms with E-state index in [1.54, 1.807) is 23.1 Å². The molecule has 3 heterocycles. The molecule has 2 aromatic heterocycles. The third-order valence-corrected chi connectivity index (χ3v) is 6.98. The molecular weight excluding hydrogens is 386 g/mol. The molecule has 0 N–H and O–H groups in total. The molecule has 4 nitrogen and oxygen atoms in total. The standard InChI is InChI=1S/C22H25N3OS2/c1-27-20-5-3-2-4-19(20)22(26)25-12-7-18(8-13-25)21-23-10-14-24(21)11-6-17-9-15-28-16-17/h2-5,9-10,14-16,18H,6-8,11-13H2,1H3. The van der Waals surface area contributed by atoms with Gasteiger partial charge in [-0.1, -0.05) is 12.1 Å². The minimum atomic E-state index is 0.157. The van der Waals surface area contributed by atoms with E-state index in [-0.39, 0.29) is 5.91 Å². The summed E-state index contributed by atoms with van der Waals surface area (Å²) in [5.74, 6) is 1.76. The molecule has 0 saturated carbocycles. The third-order valence-electron chi connectivity index (χ3n) is 5.45. The Labute approximate surface area is 174 Å². The number of imidazole rings is 1. The number of carbonyl (C=O) groups excluding carboxylic acids is 1. The molecule has 0 radical (unpaired) electrons. The minimum Gasteiger partial charge on any atom is -0.339 e. The summed E-state index contributed by atoms with van der Waals surface area (Å²) in [5.41, 5.74) is 2.21. The summed E-state index contributed by atoms with van der Waals surface area (Å²) in [6, 6.07) is 10.1. The number of amides is 1. The smallest absolute Gasteiger partial charge is 0.254 e. The SMILES string of the molecule is CSc1ccccc1C(=O)N1CCC(c2nccn2CCc2ccsc2)CC1. The third kappa shape index (κ3) is 4.18. The molecule has 3 aromatic rings. The number of piperidine rings is 1. The Bertz CT molecular complexity index is 912. The highest BCUT2D eigenvalue weighted by Gasteiger charge is 2.27. The van der Waals surface area contributed by atoms with Crippen LogP contribution in [-0.4, -0.2) is 39.7 Å². The summed E-state index contributed by atoms with van der Waals surface area (Å²) in [6.07, 6.45) is 9.01. The van der Waals surface area contributed by atoms with Crippen molar-refractivity contribution in [1.29, 1.82) is 0 Å². The maximum Gasteiger partial charge on any atom is 0.254 e. The van der Waals surface area contributed by atoms with E-state index in [0.29, 0.717) is 5.92 Å². The number of benzene rings is 1. The van der Waals surface area contributed by atoms with E-state index in [0.717, 1.165) is 49.4 Å². The largest absolute Gasteiger partial charge is 0.339 e. The number of thioether (sulfide) groups is 1. The van der Waals surface area contributed by atoms with E-state index < -0.39 is 0 Å². The van der Waals surface area contributed by atoms with Crippen LogP contribution in [0.2, 0.25) is 0 Å². The molecule has 1 saturated heterocycles. The molecule has 1 aliphatic heterocycles. The second-order valence-electron chi connectivity index (χ2n) is 7.13. The highest BCUT2D eigenvalue weighted by atomic mass is 32.2. The predicted molar refractivity (Wildman–Crippen MR) is 116 cm³/mol. The average Bonchev–Trinajstić information content (AvgIpc) is 3.43. The molecule has 0 aliphatic carbocycles. The fourth-order valence-electron chi connectivity index (χ4n) is 3.89. The van der Waals surface area contributed by atoms with Crippen molar-refractivity contribution in [2.45, 2.75) is 36.6 Å². The van der Waals surface area contributed by atoms with Gasteiger partial charge in [0.15, 0.2) is 0 Å². The van der Waals surface area contributed by atoms with E-state index in [9.17, 15) is 4.79 Å². The Balaban J connectivity index is 1.38. The van der Waals surface area contributed by atoms with Crippen molar-refractivity contribution in [2.75, 3.05) is 19.3 Å². The van der Waals surface area contributed by atoms with Gasteiger partial charge < -0.3 is 9.47 Å². The molecular formula is C22H25N3OS2. The summed E-state index contributed by atoms with van der Waals surface area (Å²) >= 11 is 3.38. The van der Waals surface area contributed by atoms with Crippen molar-refractivity contribution >= 4 is 29.0 Å². The van der Waals surface area contributed by atoms with Crippen LogP contribution < -0.4 is 0 Å². The van der Waals surface area contributed by atoms with Crippen molar-refractivity contribution in [2.24, 2.45) is 0 Å². The van der Waals surface area contributed by atoms with Crippen LogP contribution in [-0.2, 0) is 13.0 Å². The van der Waals surface area contributed by atoms with Crippen LogP contribution in [0.1, 0.15) is 40.5 Å². The number of nitrogens with zero attached hydrogens (tertiary/aromatic N) is 3. The van der Waals surface area contributed by atoms with Crippen LogP contribution in [0.4, 0.5) is 0 Å². The summed E-state index contributed by atoms with van der Waals surface area (Å²) in [4.78, 5) is 20.7. The predicted octanol–water partition coefficient (Wildman–Crippen LogP) is 4.93. The summed E-state index contributed by atoms with van der Waals surface area (Å²) in [7, 11) is 0. The minimum absolute atomic E-state index is 0.157. The lowest BCUT2D eigenvalue weighted by Crippen LogP contribution is -2.38. The van der Waals surface area contributed by atoms with Gasteiger partial charge in [0.2, 0.25) is 0 Å². The molecule has 4 rings (SSSR count). The number of thiophene rings is 1. The monoisotopic (exact) mass is 411 g/mol. The average molecular weight is 412 g/mol. The maximum absolute atomic E-state index is 13.0. The topological polar surface area (TPSA) is 38.1 Å². The van der Waals surface area contributed by atoms with Crippen LogP contribution in [0.3, 0.4) is 0 Å². The fraction of sp³-hybridized carbons (Fsp3) is 0.364. The van der Waals surface area contributed by atoms with Gasteiger partial charge in [0.05, 0.1) is 5.56 Å². The molecule has 0 atom stereocenters. The zero-order valence-corrected chi connectivity index (χ0v) is 17.7. The summed E-state index contributed by atoms with van der Waals surface area (Å²) < 4.78 is 2.29. The summed E-state index contributed by atoms with van der Waals surface area (Å²) in [6.45, 7) is 2.56. The van der Waals surface area contributed by atoms with Gasteiger partial charge in [-0.2, -0.15) is 11.3 Å². The van der Waals surface area contributed by atoms with Crippen molar-refractivity contribution in [3.63, 3.8) is 0 Å². The molecule has 28 heavy (non-hydrogen) atoms. The first-order valence-corrected chi connectivity index (χ1v) is 11.9. The number of aryl methyl sites for hydroxylation is 2. The maximum atomic E-state index is 13.0. The van der Waals surface area contributed by atoms with Gasteiger partial charge in [-0.15, -0.1) is 11.8 Å². The molecule has 0 bridgehead atoms. The van der Waals surface area contributed by atoms with Crippen molar-refractivity contribution in [1.82, 2.24) is 14.5 Å². The number of hydrogen-bond donors (Lipinski definition) is 0. The Hall–Kier alpha value is -2.05. The lowest BCUT2D eigenvalue weighted by atomic mass is 9.95. The molecule has 6 heteroatoms. The Morgan fingerprint density at radius 3 is 2.82 bits per heavy atom. The zero-order valence-electron chi connectivity index (χ0n) is 16.1. The highest BCUT2D eigenvalue weighted by molar-refractivity contribution is 7.98. The Kier molecular flexibility index (Phi) is 6.17. The fourth-order valence-corrected chi connectivity index (χ4v) is 5.18. The number of hydrogen-bond acceptors (Lipinski definition) is 4. The summed E-state index contributed by atoms with van der Waals surface area (Å²) in [5, 5.41) is 4.35. The normalized spacial score (nSPS) is 15.1. The number of carbonyl (C=O) groups is 1. The van der Waals surface area contributed by atoms with Crippen LogP contribution in [0.5, 0.6) is 0 Å². The molecule has 1 aliphatic rings. The van der Waals surface area contributed by atoms with Crippen LogP contribution >= 0.6 is 23.1 Å². The molecule has 0 spiro atoms. The number of likely N-dealkylation sites (tertiary alicyclic amines) is 1. The van der Waals surface area contributed by atoms with Crippen LogP contribution in [0.15, 0.2) is 58.4 Å². The molecule has 1 fully saturated rings. The van der Waals surface area contributed by atoms with Gasteiger partial charge in [-0.3, -0.25) is 4.79 Å². The van der Waals surface area contributed by atoms with Crippen molar-refractivity contribution < 1.29 is 4.79 Å². The van der Waals surface area contributed by atoms with E-state index in [1.807, 2.05) is 41.6 Å². The van der Waals surface area contributed by atoms with E-state index in [4.69, 9.17) is 0 Å². The lowest BCUT2D eigenvalue weighted by Gasteiger charge is -2.32. The van der Waals surface area contributed by atoms with Gasteiger partial charge in [0.1, 0.15) is 5.82 Å². The van der Waals surface area contributed by atoms with Gasteiger partial charge in [-0.05, 0) is 60.0 Å². The second-order valence-corrected chi connectivity index (χ2v) is 8.76. The quantitative estimate of drug-likeness (QED) is 0.540. The van der Waals surface area contributed by atoms with Gasteiger partial charge >= 0.3 is 0 Å². The van der Waals surface area contributed by atoms with E-state index >= 15 is 0 Å². The van der Waals surface area contributed by atoms with Crippen LogP contribution in [0, 0.1) is 0 Å². The number of rotatable bonds is 6. The van der Waals surface area contributed by atoms with E-state index in [2.05, 4.69) is 32.6 Å². The Morgan fingerprint density at radius 2 is 2.07 bits per heavy atom. The molecule has 1 aromatic carbocycles. The first kappa shape index (κ1) is 19.3. The van der Waals surface area contributed by atoms with Gasteiger partial charge in [-0.25, -0.2) is 4.98 Å². The highest BCUT2D eigenvalue weighted by Crippen LogP contribution is 2.29. The molecule has 146 valence electrons. The van der Waals surface area contributed by atoms with Crippen LogP contribution in [0.25, 0.3) is 0 Å². The van der Waals surface area contributed by atoms with Crippen molar-refractivity contribution in [3.05, 3.63) is 70.4 Å². The van der Waals surface area contributed by atoms with Crippen molar-refractivity contribution in [3.8, 4) is 0 Å². The zero-order chi connectivity index (χ0) is 19.3. The Morgan fingerprint density at radius 1 is 1.25 bits per heavy atom. The van der Waals surface area contributed by atoms with Gasteiger partial charge in [0.25, 0.3) is 5.91 Å². The molecule has 0 unspecified atom stereocenters. The van der Waals surface area contributed by atoms with E-state index in [1.165, 1.54) is 11.4 Å².